The molecule has 1 fully saturated rings. The summed E-state index contributed by atoms with van der Waals surface area (Å²) >= 11 is 5.40. The number of halogens is 1. The Morgan fingerprint density at radius 3 is 3.00 bits per heavy atom. The Labute approximate surface area is 116 Å². The van der Waals surface area contributed by atoms with Gasteiger partial charge in [-0.3, -0.25) is 0 Å². The number of ether oxygens (including phenoxy) is 1. The summed E-state index contributed by atoms with van der Waals surface area (Å²) in [5.74, 6) is 0.884. The maximum Gasteiger partial charge on any atom is 0.0494 e. The number of hydrogen-bond donors (Lipinski definition) is 1. The fourth-order valence-electron chi connectivity index (χ4n) is 1.65. The van der Waals surface area contributed by atoms with Crippen molar-refractivity contribution < 1.29 is 4.74 Å². The fraction of sp³-hybridized carbons (Fsp3) is 0.692. The van der Waals surface area contributed by atoms with E-state index >= 15 is 0 Å². The average Bonchev–Trinajstić information content (AvgIpc) is 3.06. The number of nitrogens with one attached hydrogen (secondary N) is 1. The molecule has 1 heterocycles. The Morgan fingerprint density at radius 2 is 2.35 bits per heavy atom. The Morgan fingerprint density at radius 1 is 1.53 bits per heavy atom. The topological polar surface area (TPSA) is 21.3 Å². The molecule has 0 atom stereocenters. The Hall–Kier alpha value is 0.100. The molecule has 1 aliphatic rings. The lowest BCUT2D eigenvalue weighted by atomic mass is 10.4. The van der Waals surface area contributed by atoms with Crippen LogP contribution in [0.1, 0.15) is 29.0 Å². The van der Waals surface area contributed by atoms with Gasteiger partial charge < -0.3 is 10.1 Å². The second-order valence-electron chi connectivity index (χ2n) is 4.67. The number of hydrogen-bond acceptors (Lipinski definition) is 3. The summed E-state index contributed by atoms with van der Waals surface area (Å²) in [6.07, 6.45) is 3.87. The molecular formula is C13H20BrNOS. The summed E-state index contributed by atoms with van der Waals surface area (Å²) in [5, 5.41) is 3.46. The summed E-state index contributed by atoms with van der Waals surface area (Å²) < 4.78 is 6.82. The van der Waals surface area contributed by atoms with E-state index in [4.69, 9.17) is 4.74 Å². The molecule has 4 heteroatoms. The van der Waals surface area contributed by atoms with Gasteiger partial charge in [0.15, 0.2) is 0 Å². The van der Waals surface area contributed by atoms with Crippen LogP contribution in [0.4, 0.5) is 0 Å². The molecule has 17 heavy (non-hydrogen) atoms. The maximum absolute atomic E-state index is 5.59. The minimum absolute atomic E-state index is 0.884. The molecule has 1 aromatic heterocycles. The Kier molecular flexibility index (Phi) is 5.48. The third kappa shape index (κ3) is 5.08. The molecule has 0 aromatic carbocycles. The largest absolute Gasteiger partial charge is 0.381 e. The quantitative estimate of drug-likeness (QED) is 0.738. The zero-order valence-electron chi connectivity index (χ0n) is 10.3. The van der Waals surface area contributed by atoms with Crippen LogP contribution in [0.3, 0.4) is 0 Å². The van der Waals surface area contributed by atoms with Gasteiger partial charge in [0.1, 0.15) is 0 Å². The second kappa shape index (κ2) is 6.88. The fourth-order valence-corrected chi connectivity index (χ4v) is 3.22. The van der Waals surface area contributed by atoms with Gasteiger partial charge in [-0.1, -0.05) is 0 Å². The highest BCUT2D eigenvalue weighted by molar-refractivity contribution is 9.10. The standard InChI is InChI=1S/C13H20BrNOS/c1-10-13(14)7-12(17-10)8-15-5-2-6-16-9-11-3-4-11/h7,11,15H,2-6,8-9H2,1H3. The van der Waals surface area contributed by atoms with Crippen LogP contribution in [-0.2, 0) is 11.3 Å². The van der Waals surface area contributed by atoms with E-state index in [2.05, 4.69) is 34.2 Å². The van der Waals surface area contributed by atoms with E-state index in [0.717, 1.165) is 38.6 Å². The first-order chi connectivity index (χ1) is 8.25. The molecule has 0 radical (unpaired) electrons. The summed E-state index contributed by atoms with van der Waals surface area (Å²) in [6.45, 7) is 6.04. The van der Waals surface area contributed by atoms with Crippen LogP contribution < -0.4 is 5.32 Å². The molecule has 0 aliphatic heterocycles. The van der Waals surface area contributed by atoms with E-state index in [1.165, 1.54) is 27.1 Å². The third-order valence-electron chi connectivity index (χ3n) is 2.90. The second-order valence-corrected chi connectivity index (χ2v) is 6.86. The molecule has 1 saturated carbocycles. The third-order valence-corrected chi connectivity index (χ3v) is 5.04. The van der Waals surface area contributed by atoms with Crippen LogP contribution in [0.5, 0.6) is 0 Å². The smallest absolute Gasteiger partial charge is 0.0494 e. The van der Waals surface area contributed by atoms with Gasteiger partial charge in [-0.25, -0.2) is 0 Å². The van der Waals surface area contributed by atoms with Gasteiger partial charge >= 0.3 is 0 Å². The zero-order chi connectivity index (χ0) is 12.1. The van der Waals surface area contributed by atoms with Gasteiger partial charge in [-0.05, 0) is 60.6 Å². The van der Waals surface area contributed by atoms with Crippen LogP contribution >= 0.6 is 27.3 Å². The van der Waals surface area contributed by atoms with Crippen molar-refractivity contribution in [2.75, 3.05) is 19.8 Å². The predicted octanol–water partition coefficient (Wildman–Crippen LogP) is 3.73. The molecule has 1 aliphatic carbocycles. The normalized spacial score (nSPS) is 15.4. The van der Waals surface area contributed by atoms with Gasteiger partial charge in [0.05, 0.1) is 0 Å². The molecule has 1 N–H and O–H groups in total. The van der Waals surface area contributed by atoms with Crippen LogP contribution in [0, 0.1) is 12.8 Å². The molecule has 0 unspecified atom stereocenters. The lowest BCUT2D eigenvalue weighted by Gasteiger charge is -2.04. The molecular weight excluding hydrogens is 298 g/mol. The van der Waals surface area contributed by atoms with Crippen molar-refractivity contribution >= 4 is 27.3 Å². The van der Waals surface area contributed by atoms with Gasteiger partial charge in [0, 0.05) is 34.0 Å². The minimum atomic E-state index is 0.884. The van der Waals surface area contributed by atoms with E-state index in [9.17, 15) is 0 Å². The maximum atomic E-state index is 5.59. The average molecular weight is 318 g/mol. The van der Waals surface area contributed by atoms with E-state index < -0.39 is 0 Å². The van der Waals surface area contributed by atoms with E-state index in [1.54, 1.807) is 0 Å². The van der Waals surface area contributed by atoms with Crippen molar-refractivity contribution in [2.45, 2.75) is 32.7 Å². The SMILES string of the molecule is Cc1sc(CNCCCOCC2CC2)cc1Br. The van der Waals surface area contributed by atoms with Crippen LogP contribution in [-0.4, -0.2) is 19.8 Å². The molecule has 2 rings (SSSR count). The Balaban J connectivity index is 1.47. The summed E-state index contributed by atoms with van der Waals surface area (Å²) in [5.41, 5.74) is 0. The summed E-state index contributed by atoms with van der Waals surface area (Å²) in [6, 6.07) is 2.20. The molecule has 0 amide bonds. The van der Waals surface area contributed by atoms with E-state index in [1.807, 2.05) is 11.3 Å². The van der Waals surface area contributed by atoms with Crippen molar-refractivity contribution in [3.63, 3.8) is 0 Å². The molecule has 96 valence electrons. The first-order valence-corrected chi connectivity index (χ1v) is 7.90. The Bertz CT molecular complexity index is 330. The molecule has 1 aromatic rings. The van der Waals surface area contributed by atoms with E-state index in [-0.39, 0.29) is 0 Å². The highest BCUT2D eigenvalue weighted by Gasteiger charge is 2.20. The van der Waals surface area contributed by atoms with E-state index in [0.29, 0.717) is 0 Å². The monoisotopic (exact) mass is 317 g/mol. The lowest BCUT2D eigenvalue weighted by molar-refractivity contribution is 0.122. The number of aryl methyl sites for hydroxylation is 1. The van der Waals surface area contributed by atoms with Crippen molar-refractivity contribution in [3.8, 4) is 0 Å². The summed E-state index contributed by atoms with van der Waals surface area (Å²) in [7, 11) is 0. The highest BCUT2D eigenvalue weighted by atomic mass is 79.9. The zero-order valence-corrected chi connectivity index (χ0v) is 12.7. The molecule has 2 nitrogen and oxygen atoms in total. The minimum Gasteiger partial charge on any atom is -0.381 e. The van der Waals surface area contributed by atoms with Gasteiger partial charge in [-0.2, -0.15) is 0 Å². The highest BCUT2D eigenvalue weighted by Crippen LogP contribution is 2.28. The molecule has 0 bridgehead atoms. The number of thiophene rings is 1. The van der Waals surface area contributed by atoms with Crippen LogP contribution in [0.2, 0.25) is 0 Å². The van der Waals surface area contributed by atoms with Crippen molar-refractivity contribution in [1.29, 1.82) is 0 Å². The van der Waals surface area contributed by atoms with Crippen molar-refractivity contribution in [3.05, 3.63) is 20.3 Å². The van der Waals surface area contributed by atoms with Gasteiger partial charge in [0.25, 0.3) is 0 Å². The van der Waals surface area contributed by atoms with Crippen molar-refractivity contribution in [2.24, 2.45) is 5.92 Å². The first-order valence-electron chi connectivity index (χ1n) is 6.29. The molecule has 0 spiro atoms. The predicted molar refractivity (Wildman–Crippen MR) is 76.6 cm³/mol. The van der Waals surface area contributed by atoms with Crippen LogP contribution in [0.15, 0.2) is 10.5 Å². The lowest BCUT2D eigenvalue weighted by Crippen LogP contribution is -2.16. The van der Waals surface area contributed by atoms with Crippen molar-refractivity contribution in [1.82, 2.24) is 5.32 Å². The number of rotatable bonds is 8. The van der Waals surface area contributed by atoms with Gasteiger partial charge in [-0.15, -0.1) is 11.3 Å². The van der Waals surface area contributed by atoms with Crippen LogP contribution in [0.25, 0.3) is 0 Å². The van der Waals surface area contributed by atoms with Gasteiger partial charge in [0.2, 0.25) is 0 Å². The first kappa shape index (κ1) is 13.5. The molecule has 0 saturated heterocycles. The summed E-state index contributed by atoms with van der Waals surface area (Å²) in [4.78, 5) is 2.75.